The summed E-state index contributed by atoms with van der Waals surface area (Å²) in [5, 5.41) is 18.5. The molecule has 0 saturated carbocycles. The van der Waals surface area contributed by atoms with Crippen molar-refractivity contribution in [1.82, 2.24) is 5.06 Å². The highest BCUT2D eigenvalue weighted by molar-refractivity contribution is 5.75. The minimum absolute atomic E-state index is 0.0711. The van der Waals surface area contributed by atoms with Gasteiger partial charge in [-0.3, -0.25) is 0 Å². The zero-order valence-electron chi connectivity index (χ0n) is 7.57. The number of aliphatic hydroxyl groups is 2. The Bertz CT molecular complexity index is 245. The van der Waals surface area contributed by atoms with Crippen molar-refractivity contribution in [2.75, 3.05) is 13.2 Å². The summed E-state index contributed by atoms with van der Waals surface area (Å²) in [4.78, 5) is 14.4. The Hall–Kier alpha value is -0.860. The van der Waals surface area contributed by atoms with Gasteiger partial charge in [0.15, 0.2) is 0 Å². The van der Waals surface area contributed by atoms with Gasteiger partial charge in [-0.2, -0.15) is 13.2 Å². The van der Waals surface area contributed by atoms with Crippen LogP contribution in [0.5, 0.6) is 0 Å². The van der Waals surface area contributed by atoms with Crippen molar-refractivity contribution in [2.24, 2.45) is 0 Å². The second kappa shape index (κ2) is 4.33. The van der Waals surface area contributed by atoms with E-state index in [0.29, 0.717) is 5.06 Å². The molecular weight excluding hydrogens is 219 g/mol. The van der Waals surface area contributed by atoms with Crippen molar-refractivity contribution in [3.63, 3.8) is 0 Å². The van der Waals surface area contributed by atoms with Gasteiger partial charge in [-0.1, -0.05) is 0 Å². The number of rotatable bonds is 2. The first-order chi connectivity index (χ1) is 6.84. The molecular formula is C7H10F3NO4. The average Bonchev–Trinajstić information content (AvgIpc) is 2.44. The van der Waals surface area contributed by atoms with Crippen molar-refractivity contribution >= 4 is 5.97 Å². The molecule has 1 heterocycles. The summed E-state index contributed by atoms with van der Waals surface area (Å²) in [6.45, 7) is -0.713. The average molecular weight is 229 g/mol. The molecule has 2 atom stereocenters. The van der Waals surface area contributed by atoms with Crippen LogP contribution in [0.15, 0.2) is 0 Å². The number of carbonyl (C=O) groups excluding carboxylic acids is 1. The van der Waals surface area contributed by atoms with Crippen molar-refractivity contribution < 1.29 is 33.0 Å². The van der Waals surface area contributed by atoms with E-state index in [1.165, 1.54) is 0 Å². The highest BCUT2D eigenvalue weighted by atomic mass is 19.4. The van der Waals surface area contributed by atoms with Crippen LogP contribution in [-0.2, 0) is 9.63 Å². The van der Waals surface area contributed by atoms with Gasteiger partial charge in [-0.25, -0.2) is 4.79 Å². The summed E-state index contributed by atoms with van der Waals surface area (Å²) in [6.07, 6.45) is -5.90. The fourth-order valence-electron chi connectivity index (χ4n) is 1.30. The molecule has 1 rings (SSSR count). The van der Waals surface area contributed by atoms with Crippen molar-refractivity contribution in [2.45, 2.75) is 24.7 Å². The zero-order valence-corrected chi connectivity index (χ0v) is 7.57. The number of hydrogen-bond acceptors (Lipinski definition) is 5. The zero-order chi connectivity index (χ0) is 11.6. The van der Waals surface area contributed by atoms with E-state index < -0.39 is 30.9 Å². The van der Waals surface area contributed by atoms with Crippen LogP contribution in [0, 0.1) is 0 Å². The lowest BCUT2D eigenvalue weighted by atomic mass is 10.2. The smallest absolute Gasteiger partial charge is 0.395 e. The van der Waals surface area contributed by atoms with E-state index in [9.17, 15) is 18.0 Å². The monoisotopic (exact) mass is 229 g/mol. The maximum absolute atomic E-state index is 11.8. The number of aliphatic hydroxyl groups excluding tert-OH is 2. The van der Waals surface area contributed by atoms with Crippen LogP contribution in [0.25, 0.3) is 0 Å². The SMILES string of the molecule is O=C(ON1C[C@H](O)C[C@H]1CO)C(F)(F)F. The Morgan fingerprint density at radius 2 is 2.13 bits per heavy atom. The first-order valence-corrected chi connectivity index (χ1v) is 4.19. The molecule has 0 spiro atoms. The van der Waals surface area contributed by atoms with Crippen LogP contribution in [-0.4, -0.2) is 52.7 Å². The van der Waals surface area contributed by atoms with Crippen molar-refractivity contribution in [3.05, 3.63) is 0 Å². The molecule has 0 amide bonds. The number of carbonyl (C=O) groups is 1. The van der Waals surface area contributed by atoms with E-state index in [2.05, 4.69) is 4.84 Å². The first kappa shape index (κ1) is 12.2. The normalized spacial score (nSPS) is 28.1. The standard InChI is InChI=1S/C7H10F3NO4/c8-7(9,10)6(14)15-11-2-5(13)1-4(11)3-12/h4-5,12-13H,1-3H2/t4-,5+/m0/s1. The molecule has 0 bridgehead atoms. The predicted molar refractivity (Wildman–Crippen MR) is 40.4 cm³/mol. The van der Waals surface area contributed by atoms with Gasteiger partial charge in [-0.15, -0.1) is 5.06 Å². The van der Waals surface area contributed by atoms with Crippen LogP contribution >= 0.6 is 0 Å². The molecule has 5 nitrogen and oxygen atoms in total. The molecule has 0 aliphatic carbocycles. The first-order valence-electron chi connectivity index (χ1n) is 4.19. The number of hydrogen-bond donors (Lipinski definition) is 2. The summed E-state index contributed by atoms with van der Waals surface area (Å²) in [5.74, 6) is -2.35. The third-order valence-corrected chi connectivity index (χ3v) is 1.98. The molecule has 1 saturated heterocycles. The predicted octanol–water partition coefficient (Wildman–Crippen LogP) is -0.566. The Labute approximate surface area is 83.0 Å². The Morgan fingerprint density at radius 3 is 2.60 bits per heavy atom. The highest BCUT2D eigenvalue weighted by Gasteiger charge is 2.45. The molecule has 0 unspecified atom stereocenters. The number of hydroxylamine groups is 2. The van der Waals surface area contributed by atoms with Crippen LogP contribution < -0.4 is 0 Å². The summed E-state index contributed by atoms with van der Waals surface area (Å²) >= 11 is 0. The summed E-state index contributed by atoms with van der Waals surface area (Å²) < 4.78 is 35.4. The number of halogens is 3. The van der Waals surface area contributed by atoms with E-state index in [1.807, 2.05) is 0 Å². The fraction of sp³-hybridized carbons (Fsp3) is 0.857. The Kier molecular flexibility index (Phi) is 3.53. The summed E-state index contributed by atoms with van der Waals surface area (Å²) in [5.41, 5.74) is 0. The summed E-state index contributed by atoms with van der Waals surface area (Å²) in [6, 6.07) is -0.786. The van der Waals surface area contributed by atoms with Crippen LogP contribution in [0.1, 0.15) is 6.42 Å². The number of alkyl halides is 3. The van der Waals surface area contributed by atoms with Gasteiger partial charge in [0.1, 0.15) is 0 Å². The molecule has 0 aromatic heterocycles. The number of nitrogens with zero attached hydrogens (tertiary/aromatic N) is 1. The van der Waals surface area contributed by atoms with E-state index >= 15 is 0 Å². The molecule has 0 aromatic rings. The lowest BCUT2D eigenvalue weighted by Crippen LogP contribution is -2.39. The molecule has 2 N–H and O–H groups in total. The molecule has 88 valence electrons. The lowest BCUT2D eigenvalue weighted by molar-refractivity contribution is -0.243. The lowest BCUT2D eigenvalue weighted by Gasteiger charge is -2.21. The van der Waals surface area contributed by atoms with Gasteiger partial charge in [0.05, 0.1) is 25.3 Å². The van der Waals surface area contributed by atoms with Gasteiger partial charge in [0.25, 0.3) is 0 Å². The number of β-amino-alcohol motifs (C(OH)–C–C–N with tert-alkyl or cyclic N) is 1. The Balaban J connectivity index is 2.54. The van der Waals surface area contributed by atoms with Gasteiger partial charge < -0.3 is 15.1 Å². The van der Waals surface area contributed by atoms with Gasteiger partial charge >= 0.3 is 12.1 Å². The highest BCUT2D eigenvalue weighted by Crippen LogP contribution is 2.22. The third kappa shape index (κ3) is 3.05. The topological polar surface area (TPSA) is 70.0 Å². The minimum atomic E-state index is -5.08. The maximum atomic E-state index is 11.8. The fourth-order valence-corrected chi connectivity index (χ4v) is 1.30. The summed E-state index contributed by atoms with van der Waals surface area (Å²) in [7, 11) is 0. The van der Waals surface area contributed by atoms with Gasteiger partial charge in [-0.05, 0) is 6.42 Å². The Morgan fingerprint density at radius 1 is 1.53 bits per heavy atom. The van der Waals surface area contributed by atoms with Crippen molar-refractivity contribution in [1.29, 1.82) is 0 Å². The molecule has 1 aliphatic rings. The van der Waals surface area contributed by atoms with Gasteiger partial charge in [0, 0.05) is 0 Å². The quantitative estimate of drug-likeness (QED) is 0.664. The molecule has 8 heteroatoms. The van der Waals surface area contributed by atoms with Crippen LogP contribution in [0.4, 0.5) is 13.2 Å². The van der Waals surface area contributed by atoms with E-state index in [1.54, 1.807) is 0 Å². The minimum Gasteiger partial charge on any atom is -0.395 e. The molecule has 1 aliphatic heterocycles. The molecule has 0 radical (unpaired) electrons. The van der Waals surface area contributed by atoms with E-state index in [4.69, 9.17) is 10.2 Å². The second-order valence-electron chi connectivity index (χ2n) is 3.20. The molecule has 0 aromatic carbocycles. The maximum Gasteiger partial charge on any atom is 0.492 e. The van der Waals surface area contributed by atoms with Crippen LogP contribution in [0.2, 0.25) is 0 Å². The van der Waals surface area contributed by atoms with E-state index in [-0.39, 0.29) is 13.0 Å². The molecule has 15 heavy (non-hydrogen) atoms. The van der Waals surface area contributed by atoms with Gasteiger partial charge in [0.2, 0.25) is 0 Å². The largest absolute Gasteiger partial charge is 0.492 e. The van der Waals surface area contributed by atoms with E-state index in [0.717, 1.165) is 0 Å². The molecule has 1 fully saturated rings. The second-order valence-corrected chi connectivity index (χ2v) is 3.20. The van der Waals surface area contributed by atoms with Crippen molar-refractivity contribution in [3.8, 4) is 0 Å². The van der Waals surface area contributed by atoms with Crippen LogP contribution in [0.3, 0.4) is 0 Å². The third-order valence-electron chi connectivity index (χ3n) is 1.98.